The van der Waals surface area contributed by atoms with E-state index >= 15 is 0 Å². The van der Waals surface area contributed by atoms with Gasteiger partial charge in [0.1, 0.15) is 17.1 Å². The quantitative estimate of drug-likeness (QED) is 0.790. The van der Waals surface area contributed by atoms with E-state index in [0.717, 1.165) is 12.8 Å². The fraction of sp³-hybridized carbons (Fsp3) is 0.350. The van der Waals surface area contributed by atoms with Crippen LogP contribution in [0.1, 0.15) is 45.1 Å². The van der Waals surface area contributed by atoms with Gasteiger partial charge in [-0.3, -0.25) is 9.59 Å². The third kappa shape index (κ3) is 4.36. The van der Waals surface area contributed by atoms with E-state index in [1.807, 2.05) is 0 Å². The van der Waals surface area contributed by atoms with Gasteiger partial charge in [0.05, 0.1) is 13.7 Å². The predicted octanol–water partition coefficient (Wildman–Crippen LogP) is 3.00. The van der Waals surface area contributed by atoms with E-state index in [2.05, 4.69) is 5.32 Å². The molecule has 1 aliphatic rings. The maximum absolute atomic E-state index is 12.6. The number of benzene rings is 1. The minimum atomic E-state index is -0.472. The van der Waals surface area contributed by atoms with Crippen LogP contribution in [-0.2, 0) is 16.1 Å². The number of carbonyl (C=O) groups excluding carboxylic acids is 3. The number of esters is 1. The van der Waals surface area contributed by atoms with Gasteiger partial charge in [-0.25, -0.2) is 4.79 Å². The van der Waals surface area contributed by atoms with Gasteiger partial charge in [-0.1, -0.05) is 0 Å². The summed E-state index contributed by atoms with van der Waals surface area (Å²) in [7, 11) is 2.96. The second-order valence-electron chi connectivity index (χ2n) is 6.68. The monoisotopic (exact) mass is 370 g/mol. The second-order valence-corrected chi connectivity index (χ2v) is 6.68. The molecular formula is C20H22N2O5. The van der Waals surface area contributed by atoms with Gasteiger partial charge in [-0.05, 0) is 50.1 Å². The number of hydrogen-bond acceptors (Lipinski definition) is 5. The van der Waals surface area contributed by atoms with Crippen LogP contribution in [0, 0.1) is 12.8 Å². The summed E-state index contributed by atoms with van der Waals surface area (Å²) in [6.45, 7) is 1.89. The average Bonchev–Trinajstić information content (AvgIpc) is 3.45. The van der Waals surface area contributed by atoms with Crippen LogP contribution in [0.3, 0.4) is 0 Å². The lowest BCUT2D eigenvalue weighted by Crippen LogP contribution is -2.26. The van der Waals surface area contributed by atoms with Crippen molar-refractivity contribution >= 4 is 23.5 Å². The zero-order valence-electron chi connectivity index (χ0n) is 15.6. The number of rotatable bonds is 6. The van der Waals surface area contributed by atoms with Gasteiger partial charge in [-0.2, -0.15) is 0 Å². The molecule has 0 atom stereocenters. The van der Waals surface area contributed by atoms with Crippen LogP contribution >= 0.6 is 0 Å². The number of nitrogens with zero attached hydrogens (tertiary/aromatic N) is 1. The van der Waals surface area contributed by atoms with Crippen molar-refractivity contribution in [1.82, 2.24) is 4.90 Å². The van der Waals surface area contributed by atoms with Crippen LogP contribution in [0.4, 0.5) is 5.69 Å². The number of carbonyl (C=O) groups is 3. The summed E-state index contributed by atoms with van der Waals surface area (Å²) in [6.07, 6.45) is 1.88. The van der Waals surface area contributed by atoms with Crippen molar-refractivity contribution in [2.45, 2.75) is 26.3 Å². The zero-order chi connectivity index (χ0) is 19.6. The topological polar surface area (TPSA) is 88.9 Å². The molecule has 142 valence electrons. The normalized spacial score (nSPS) is 13.1. The van der Waals surface area contributed by atoms with E-state index in [9.17, 15) is 14.4 Å². The van der Waals surface area contributed by atoms with Crippen LogP contribution in [-0.4, -0.2) is 36.8 Å². The number of furan rings is 1. The van der Waals surface area contributed by atoms with Gasteiger partial charge in [0, 0.05) is 24.2 Å². The largest absolute Gasteiger partial charge is 0.465 e. The summed E-state index contributed by atoms with van der Waals surface area (Å²) in [4.78, 5) is 37.5. The summed E-state index contributed by atoms with van der Waals surface area (Å²) >= 11 is 0. The number of anilines is 1. The molecule has 0 saturated heterocycles. The Balaban J connectivity index is 1.63. The Morgan fingerprint density at radius 2 is 1.89 bits per heavy atom. The van der Waals surface area contributed by atoms with Crippen molar-refractivity contribution in [1.29, 1.82) is 0 Å². The molecule has 0 bridgehead atoms. The smallest absolute Gasteiger partial charge is 0.341 e. The van der Waals surface area contributed by atoms with Crippen LogP contribution in [0.15, 0.2) is 34.7 Å². The zero-order valence-corrected chi connectivity index (χ0v) is 15.6. The molecule has 1 saturated carbocycles. The maximum atomic E-state index is 12.6. The lowest BCUT2D eigenvalue weighted by atomic mass is 10.1. The third-order valence-corrected chi connectivity index (χ3v) is 4.46. The first-order chi connectivity index (χ1) is 12.9. The molecule has 2 amide bonds. The van der Waals surface area contributed by atoms with Gasteiger partial charge in [-0.15, -0.1) is 0 Å². The minimum Gasteiger partial charge on any atom is -0.465 e. The highest BCUT2D eigenvalue weighted by Crippen LogP contribution is 2.30. The van der Waals surface area contributed by atoms with E-state index in [1.54, 1.807) is 44.3 Å². The number of amides is 2. The first kappa shape index (κ1) is 18.7. The lowest BCUT2D eigenvalue weighted by Gasteiger charge is -2.16. The van der Waals surface area contributed by atoms with Gasteiger partial charge in [0.25, 0.3) is 5.91 Å². The van der Waals surface area contributed by atoms with Crippen molar-refractivity contribution < 1.29 is 23.5 Å². The molecular weight excluding hydrogens is 348 g/mol. The molecule has 1 aromatic carbocycles. The maximum Gasteiger partial charge on any atom is 0.341 e. The Hall–Kier alpha value is -3.09. The van der Waals surface area contributed by atoms with Crippen molar-refractivity contribution in [2.75, 3.05) is 19.5 Å². The Kier molecular flexibility index (Phi) is 5.30. The Morgan fingerprint density at radius 3 is 2.48 bits per heavy atom. The standard InChI is InChI=1S/C20H22N2O5/c1-12-17(20(25)26-3)10-16(27-12)11-22(2)19(24)14-6-8-15(9-7-14)21-18(23)13-4-5-13/h6-10,13H,4-5,11H2,1-3H3,(H,21,23). The molecule has 7 heteroatoms. The van der Waals surface area contributed by atoms with Crippen LogP contribution in [0.2, 0.25) is 0 Å². The molecule has 1 N–H and O–H groups in total. The molecule has 1 fully saturated rings. The molecule has 1 heterocycles. The van der Waals surface area contributed by atoms with Gasteiger partial charge < -0.3 is 19.4 Å². The summed E-state index contributed by atoms with van der Waals surface area (Å²) in [5.41, 5.74) is 1.53. The third-order valence-electron chi connectivity index (χ3n) is 4.46. The Bertz CT molecular complexity index is 865. The van der Waals surface area contributed by atoms with Gasteiger partial charge in [0.15, 0.2) is 0 Å². The summed E-state index contributed by atoms with van der Waals surface area (Å²) in [5.74, 6) is 0.444. The molecule has 1 aliphatic carbocycles. The van der Waals surface area contributed by atoms with E-state index in [-0.39, 0.29) is 24.3 Å². The number of aryl methyl sites for hydroxylation is 1. The highest BCUT2D eigenvalue weighted by atomic mass is 16.5. The van der Waals surface area contributed by atoms with Gasteiger partial charge in [0.2, 0.25) is 5.91 Å². The fourth-order valence-electron chi connectivity index (χ4n) is 2.75. The van der Waals surface area contributed by atoms with E-state index in [1.165, 1.54) is 12.0 Å². The highest BCUT2D eigenvalue weighted by Gasteiger charge is 2.29. The SMILES string of the molecule is COC(=O)c1cc(CN(C)C(=O)c2ccc(NC(=O)C3CC3)cc2)oc1C. The Morgan fingerprint density at radius 1 is 1.22 bits per heavy atom. The predicted molar refractivity (Wildman–Crippen MR) is 98.4 cm³/mol. The summed E-state index contributed by atoms with van der Waals surface area (Å²) < 4.78 is 10.2. The molecule has 0 aliphatic heterocycles. The average molecular weight is 370 g/mol. The fourth-order valence-corrected chi connectivity index (χ4v) is 2.75. The van der Waals surface area contributed by atoms with Gasteiger partial charge >= 0.3 is 5.97 Å². The number of ether oxygens (including phenoxy) is 1. The van der Waals surface area contributed by atoms with Crippen molar-refractivity contribution in [2.24, 2.45) is 5.92 Å². The van der Waals surface area contributed by atoms with Crippen LogP contribution < -0.4 is 5.32 Å². The number of methoxy groups -OCH3 is 1. The molecule has 7 nitrogen and oxygen atoms in total. The molecule has 0 spiro atoms. The number of hydrogen-bond donors (Lipinski definition) is 1. The first-order valence-corrected chi connectivity index (χ1v) is 8.73. The lowest BCUT2D eigenvalue weighted by molar-refractivity contribution is -0.117. The molecule has 2 aromatic rings. The molecule has 0 radical (unpaired) electrons. The van der Waals surface area contributed by atoms with E-state index < -0.39 is 5.97 Å². The second kappa shape index (κ2) is 7.65. The summed E-state index contributed by atoms with van der Waals surface area (Å²) in [5, 5.41) is 2.84. The molecule has 3 rings (SSSR count). The van der Waals surface area contributed by atoms with Crippen molar-refractivity contribution in [3.05, 3.63) is 53.0 Å². The van der Waals surface area contributed by atoms with Crippen molar-refractivity contribution in [3.8, 4) is 0 Å². The van der Waals surface area contributed by atoms with E-state index in [0.29, 0.717) is 28.3 Å². The molecule has 27 heavy (non-hydrogen) atoms. The molecule has 0 unspecified atom stereocenters. The summed E-state index contributed by atoms with van der Waals surface area (Å²) in [6, 6.07) is 8.37. The van der Waals surface area contributed by atoms with E-state index in [4.69, 9.17) is 9.15 Å². The van der Waals surface area contributed by atoms with Crippen LogP contribution in [0.5, 0.6) is 0 Å². The first-order valence-electron chi connectivity index (χ1n) is 8.73. The Labute approximate surface area is 157 Å². The highest BCUT2D eigenvalue weighted by molar-refractivity contribution is 5.96. The molecule has 1 aromatic heterocycles. The number of nitrogens with one attached hydrogen (secondary N) is 1. The minimum absolute atomic E-state index is 0.0285. The van der Waals surface area contributed by atoms with Crippen molar-refractivity contribution in [3.63, 3.8) is 0 Å². The van der Waals surface area contributed by atoms with Crippen LogP contribution in [0.25, 0.3) is 0 Å².